The fourth-order valence-electron chi connectivity index (χ4n) is 2.63. The van der Waals surface area contributed by atoms with Crippen molar-refractivity contribution in [1.82, 2.24) is 9.38 Å². The predicted molar refractivity (Wildman–Crippen MR) is 103 cm³/mol. The Labute approximate surface area is 153 Å². The molecule has 0 fully saturated rings. The van der Waals surface area contributed by atoms with E-state index in [1.54, 1.807) is 12.1 Å². The summed E-state index contributed by atoms with van der Waals surface area (Å²) >= 11 is 3.38. The van der Waals surface area contributed by atoms with E-state index in [1.165, 1.54) is 0 Å². The van der Waals surface area contributed by atoms with Gasteiger partial charge in [0.15, 0.2) is 0 Å². The number of carbonyl (C=O) groups is 1. The number of rotatable bonds is 3. The zero-order valence-electron chi connectivity index (χ0n) is 13.2. The summed E-state index contributed by atoms with van der Waals surface area (Å²) in [5.74, 6) is -0.137. The second-order valence-corrected chi connectivity index (χ2v) is 6.55. The van der Waals surface area contributed by atoms with Crippen molar-refractivity contribution in [3.63, 3.8) is 0 Å². The highest BCUT2D eigenvalue weighted by molar-refractivity contribution is 9.10. The number of hydrogen-bond donors (Lipinski definition) is 1. The molecule has 2 aromatic heterocycles. The van der Waals surface area contributed by atoms with Gasteiger partial charge in [-0.05, 0) is 42.5 Å². The molecule has 122 valence electrons. The Morgan fingerprint density at radius 1 is 1.00 bits per heavy atom. The van der Waals surface area contributed by atoms with Crippen LogP contribution in [0.15, 0.2) is 83.6 Å². The number of anilines is 1. The molecule has 4 nitrogen and oxygen atoms in total. The first-order chi connectivity index (χ1) is 12.2. The monoisotopic (exact) mass is 391 g/mol. The van der Waals surface area contributed by atoms with Crippen molar-refractivity contribution in [1.29, 1.82) is 0 Å². The SMILES string of the molecule is O=C(Nc1ccc(-c2cn3ccccc3n2)cc1)c1cccc(Br)c1. The number of imidazole rings is 1. The van der Waals surface area contributed by atoms with Crippen LogP contribution in [0.25, 0.3) is 16.9 Å². The molecule has 0 aliphatic carbocycles. The van der Waals surface area contributed by atoms with Crippen LogP contribution >= 0.6 is 15.9 Å². The lowest BCUT2D eigenvalue weighted by atomic mass is 10.1. The molecule has 1 amide bonds. The summed E-state index contributed by atoms with van der Waals surface area (Å²) < 4.78 is 2.86. The normalized spacial score (nSPS) is 10.8. The number of pyridine rings is 1. The van der Waals surface area contributed by atoms with Gasteiger partial charge < -0.3 is 9.72 Å². The number of nitrogens with zero attached hydrogens (tertiary/aromatic N) is 2. The Morgan fingerprint density at radius 2 is 1.84 bits per heavy atom. The van der Waals surface area contributed by atoms with Crippen molar-refractivity contribution in [2.45, 2.75) is 0 Å². The van der Waals surface area contributed by atoms with Gasteiger partial charge in [-0.25, -0.2) is 4.98 Å². The summed E-state index contributed by atoms with van der Waals surface area (Å²) in [4.78, 5) is 16.9. The van der Waals surface area contributed by atoms with Crippen LogP contribution in [-0.4, -0.2) is 15.3 Å². The molecule has 0 saturated carbocycles. The molecule has 0 bridgehead atoms. The number of nitrogens with one attached hydrogen (secondary N) is 1. The first kappa shape index (κ1) is 15.6. The third-order valence-electron chi connectivity index (χ3n) is 3.89. The summed E-state index contributed by atoms with van der Waals surface area (Å²) in [5.41, 5.74) is 4.17. The minimum Gasteiger partial charge on any atom is -0.322 e. The van der Waals surface area contributed by atoms with Gasteiger partial charge in [-0.1, -0.05) is 40.2 Å². The number of aromatic nitrogens is 2. The van der Waals surface area contributed by atoms with Gasteiger partial charge in [0.1, 0.15) is 5.65 Å². The Kier molecular flexibility index (Phi) is 4.07. The lowest BCUT2D eigenvalue weighted by Crippen LogP contribution is -2.11. The van der Waals surface area contributed by atoms with Gasteiger partial charge in [-0.3, -0.25) is 4.79 Å². The Balaban J connectivity index is 1.54. The van der Waals surface area contributed by atoms with Crippen LogP contribution < -0.4 is 5.32 Å². The molecule has 2 aromatic carbocycles. The zero-order chi connectivity index (χ0) is 17.2. The second kappa shape index (κ2) is 6.53. The lowest BCUT2D eigenvalue weighted by molar-refractivity contribution is 0.102. The molecule has 4 aromatic rings. The minimum atomic E-state index is -0.137. The molecule has 4 rings (SSSR count). The van der Waals surface area contributed by atoms with E-state index in [0.717, 1.165) is 27.1 Å². The van der Waals surface area contributed by atoms with Gasteiger partial charge in [0, 0.05) is 33.7 Å². The molecular weight excluding hydrogens is 378 g/mol. The van der Waals surface area contributed by atoms with Gasteiger partial charge in [0.2, 0.25) is 0 Å². The number of amides is 1. The van der Waals surface area contributed by atoms with Crippen LogP contribution in [0.4, 0.5) is 5.69 Å². The summed E-state index contributed by atoms with van der Waals surface area (Å²) in [6.45, 7) is 0. The van der Waals surface area contributed by atoms with Crippen molar-refractivity contribution in [3.05, 3.63) is 89.2 Å². The standard InChI is InChI=1S/C20H14BrN3O/c21-16-5-3-4-15(12-16)20(25)22-17-9-7-14(8-10-17)18-13-24-11-2-1-6-19(24)23-18/h1-13H,(H,22,25). The van der Waals surface area contributed by atoms with Gasteiger partial charge in [-0.15, -0.1) is 0 Å². The van der Waals surface area contributed by atoms with Crippen LogP contribution in [0.3, 0.4) is 0 Å². The van der Waals surface area contributed by atoms with Gasteiger partial charge in [0.05, 0.1) is 5.69 Å². The van der Waals surface area contributed by atoms with E-state index >= 15 is 0 Å². The molecule has 5 heteroatoms. The highest BCUT2D eigenvalue weighted by Crippen LogP contribution is 2.22. The second-order valence-electron chi connectivity index (χ2n) is 5.63. The minimum absolute atomic E-state index is 0.137. The maximum absolute atomic E-state index is 12.3. The maximum atomic E-state index is 12.3. The van der Waals surface area contributed by atoms with E-state index in [0.29, 0.717) is 5.56 Å². The number of fused-ring (bicyclic) bond motifs is 1. The third kappa shape index (κ3) is 3.32. The lowest BCUT2D eigenvalue weighted by Gasteiger charge is -2.06. The van der Waals surface area contributed by atoms with Gasteiger partial charge in [-0.2, -0.15) is 0 Å². The molecular formula is C20H14BrN3O. The van der Waals surface area contributed by atoms with Crippen LogP contribution in [0, 0.1) is 0 Å². The number of halogens is 1. The van der Waals surface area contributed by atoms with Crippen molar-refractivity contribution in [2.75, 3.05) is 5.32 Å². The van der Waals surface area contributed by atoms with E-state index in [-0.39, 0.29) is 5.91 Å². The third-order valence-corrected chi connectivity index (χ3v) is 4.38. The van der Waals surface area contributed by atoms with E-state index in [4.69, 9.17) is 0 Å². The average molecular weight is 392 g/mol. The Hall–Kier alpha value is -2.92. The topological polar surface area (TPSA) is 46.4 Å². The van der Waals surface area contributed by atoms with Crippen LogP contribution in [0.2, 0.25) is 0 Å². The highest BCUT2D eigenvalue weighted by atomic mass is 79.9. The Morgan fingerprint density at radius 3 is 2.60 bits per heavy atom. The fraction of sp³-hybridized carbons (Fsp3) is 0. The number of carbonyl (C=O) groups excluding carboxylic acids is 1. The molecule has 0 saturated heterocycles. The van der Waals surface area contributed by atoms with Crippen molar-refractivity contribution in [3.8, 4) is 11.3 Å². The first-order valence-electron chi connectivity index (χ1n) is 7.80. The number of hydrogen-bond acceptors (Lipinski definition) is 2. The molecule has 0 radical (unpaired) electrons. The summed E-state index contributed by atoms with van der Waals surface area (Å²) in [7, 11) is 0. The smallest absolute Gasteiger partial charge is 0.255 e. The molecule has 1 N–H and O–H groups in total. The van der Waals surface area contributed by atoms with Crippen LogP contribution in [-0.2, 0) is 0 Å². The van der Waals surface area contributed by atoms with E-state index in [2.05, 4.69) is 26.2 Å². The van der Waals surface area contributed by atoms with Crippen molar-refractivity contribution < 1.29 is 4.79 Å². The van der Waals surface area contributed by atoms with Crippen molar-refractivity contribution >= 4 is 33.2 Å². The molecule has 2 heterocycles. The largest absolute Gasteiger partial charge is 0.322 e. The summed E-state index contributed by atoms with van der Waals surface area (Å²) in [5, 5.41) is 2.91. The predicted octanol–water partition coefficient (Wildman–Crippen LogP) is 5.02. The molecule has 0 atom stereocenters. The molecule has 0 unspecified atom stereocenters. The maximum Gasteiger partial charge on any atom is 0.255 e. The van der Waals surface area contributed by atoms with E-state index < -0.39 is 0 Å². The quantitative estimate of drug-likeness (QED) is 0.533. The Bertz CT molecular complexity index is 1020. The van der Waals surface area contributed by atoms with Crippen molar-refractivity contribution in [2.24, 2.45) is 0 Å². The number of benzene rings is 2. The van der Waals surface area contributed by atoms with E-state index in [9.17, 15) is 4.79 Å². The first-order valence-corrected chi connectivity index (χ1v) is 8.59. The highest BCUT2D eigenvalue weighted by Gasteiger charge is 2.08. The molecule has 25 heavy (non-hydrogen) atoms. The molecule has 0 aliphatic rings. The van der Waals surface area contributed by atoms with Crippen LogP contribution in [0.5, 0.6) is 0 Å². The summed E-state index contributed by atoms with van der Waals surface area (Å²) in [6.07, 6.45) is 3.96. The molecule has 0 spiro atoms. The van der Waals surface area contributed by atoms with Gasteiger partial charge >= 0.3 is 0 Å². The fourth-order valence-corrected chi connectivity index (χ4v) is 3.03. The summed E-state index contributed by atoms with van der Waals surface area (Å²) in [6, 6.07) is 20.9. The van der Waals surface area contributed by atoms with Gasteiger partial charge in [0.25, 0.3) is 5.91 Å². The average Bonchev–Trinajstić information content (AvgIpc) is 3.06. The zero-order valence-corrected chi connectivity index (χ0v) is 14.8. The van der Waals surface area contributed by atoms with Crippen LogP contribution in [0.1, 0.15) is 10.4 Å². The molecule has 0 aliphatic heterocycles. The van der Waals surface area contributed by atoms with E-state index in [1.807, 2.05) is 71.4 Å².